The molecule has 2 aromatic carbocycles. The molecule has 1 atom stereocenters. The number of carbonyl (C=O) groups excluding carboxylic acids is 1. The van der Waals surface area contributed by atoms with Crippen molar-refractivity contribution in [2.24, 2.45) is 7.05 Å². The smallest absolute Gasteiger partial charge is 0.234 e. The van der Waals surface area contributed by atoms with Crippen molar-refractivity contribution in [3.63, 3.8) is 0 Å². The first-order chi connectivity index (χ1) is 14.4. The number of aromatic hydroxyl groups is 1. The Bertz CT molecular complexity index is 1040. The van der Waals surface area contributed by atoms with Crippen LogP contribution < -0.4 is 4.90 Å². The van der Waals surface area contributed by atoms with Gasteiger partial charge in [0.15, 0.2) is 0 Å². The molecule has 5 nitrogen and oxygen atoms in total. The van der Waals surface area contributed by atoms with Crippen LogP contribution in [0.1, 0.15) is 60.8 Å². The highest BCUT2D eigenvalue weighted by molar-refractivity contribution is 5.98. The van der Waals surface area contributed by atoms with E-state index in [0.717, 1.165) is 41.6 Å². The van der Waals surface area contributed by atoms with Crippen LogP contribution in [0, 0.1) is 0 Å². The third-order valence-electron chi connectivity index (χ3n) is 6.02. The highest BCUT2D eigenvalue weighted by Crippen LogP contribution is 2.38. The number of anilines is 1. The van der Waals surface area contributed by atoms with Crippen LogP contribution in [0.4, 0.5) is 5.69 Å². The third kappa shape index (κ3) is 3.97. The van der Waals surface area contributed by atoms with Crippen LogP contribution in [0.15, 0.2) is 54.9 Å². The highest BCUT2D eigenvalue weighted by atomic mass is 16.3. The molecule has 0 fully saturated rings. The van der Waals surface area contributed by atoms with Gasteiger partial charge in [-0.25, -0.2) is 0 Å². The standard InChI is InChI=1S/C25H29N3O2/c1-17(2)19-10-12-20(13-11-19)28(16-18-14-26-27(3)15-18)25(30)23-8-4-7-22-21(23)6-5-9-24(22)29/h5-6,9-15,17,23,29H,4,7-8,16H2,1-3H3. The maximum absolute atomic E-state index is 13.8. The summed E-state index contributed by atoms with van der Waals surface area (Å²) in [7, 11) is 1.88. The molecule has 1 heterocycles. The monoisotopic (exact) mass is 403 g/mol. The number of rotatable bonds is 5. The van der Waals surface area contributed by atoms with Gasteiger partial charge in [0.1, 0.15) is 5.75 Å². The van der Waals surface area contributed by atoms with Crippen LogP contribution in [-0.4, -0.2) is 20.8 Å². The van der Waals surface area contributed by atoms with Gasteiger partial charge in [0.25, 0.3) is 0 Å². The Hall–Kier alpha value is -3.08. The van der Waals surface area contributed by atoms with Crippen molar-refractivity contribution in [1.82, 2.24) is 9.78 Å². The molecule has 1 aromatic heterocycles. The largest absolute Gasteiger partial charge is 0.508 e. The van der Waals surface area contributed by atoms with Gasteiger partial charge >= 0.3 is 0 Å². The average molecular weight is 404 g/mol. The summed E-state index contributed by atoms with van der Waals surface area (Å²) in [5.74, 6) is 0.560. The number of benzene rings is 2. The van der Waals surface area contributed by atoms with Crippen LogP contribution in [0.25, 0.3) is 0 Å². The molecule has 0 radical (unpaired) electrons. The van der Waals surface area contributed by atoms with Crippen LogP contribution in [-0.2, 0) is 24.8 Å². The fourth-order valence-corrected chi connectivity index (χ4v) is 4.35. The second-order valence-electron chi connectivity index (χ2n) is 8.48. The Labute approximate surface area is 178 Å². The lowest BCUT2D eigenvalue weighted by atomic mass is 9.81. The lowest BCUT2D eigenvalue weighted by Gasteiger charge is -2.31. The Kier molecular flexibility index (Phi) is 5.62. The minimum Gasteiger partial charge on any atom is -0.508 e. The molecule has 30 heavy (non-hydrogen) atoms. The van der Waals surface area contributed by atoms with E-state index >= 15 is 0 Å². The molecule has 5 heteroatoms. The van der Waals surface area contributed by atoms with Gasteiger partial charge in [-0.2, -0.15) is 5.10 Å². The number of fused-ring (bicyclic) bond motifs is 1. The van der Waals surface area contributed by atoms with E-state index in [4.69, 9.17) is 0 Å². The van der Waals surface area contributed by atoms with Crippen LogP contribution >= 0.6 is 0 Å². The first-order valence-corrected chi connectivity index (χ1v) is 10.6. The Morgan fingerprint density at radius 2 is 2.00 bits per heavy atom. The predicted octanol–water partition coefficient (Wildman–Crippen LogP) is 4.90. The Balaban J connectivity index is 1.70. The molecule has 0 bridgehead atoms. The van der Waals surface area contributed by atoms with Crippen molar-refractivity contribution < 1.29 is 9.90 Å². The van der Waals surface area contributed by atoms with E-state index in [1.54, 1.807) is 10.7 Å². The number of nitrogens with zero attached hydrogens (tertiary/aromatic N) is 3. The van der Waals surface area contributed by atoms with E-state index in [0.29, 0.717) is 18.2 Å². The first kappa shape index (κ1) is 20.2. The molecule has 4 rings (SSSR count). The minimum absolute atomic E-state index is 0.0719. The molecule has 1 aliphatic carbocycles. The number of carbonyl (C=O) groups is 1. The topological polar surface area (TPSA) is 58.4 Å². The number of hydrogen-bond donors (Lipinski definition) is 1. The van der Waals surface area contributed by atoms with Gasteiger partial charge in [0.2, 0.25) is 5.91 Å². The molecule has 0 aliphatic heterocycles. The molecule has 1 aliphatic rings. The molecule has 1 N–H and O–H groups in total. The Morgan fingerprint density at radius 3 is 2.67 bits per heavy atom. The van der Waals surface area contributed by atoms with Gasteiger partial charge in [-0.15, -0.1) is 0 Å². The quantitative estimate of drug-likeness (QED) is 0.659. The molecule has 156 valence electrons. The molecule has 3 aromatic rings. The maximum Gasteiger partial charge on any atom is 0.234 e. The lowest BCUT2D eigenvalue weighted by Crippen LogP contribution is -2.36. The summed E-state index contributed by atoms with van der Waals surface area (Å²) in [5, 5.41) is 14.6. The zero-order valence-corrected chi connectivity index (χ0v) is 17.9. The molecule has 0 saturated carbocycles. The zero-order valence-electron chi connectivity index (χ0n) is 17.9. The second-order valence-corrected chi connectivity index (χ2v) is 8.48. The summed E-state index contributed by atoms with van der Waals surface area (Å²) in [4.78, 5) is 15.7. The average Bonchev–Trinajstić information content (AvgIpc) is 3.16. The first-order valence-electron chi connectivity index (χ1n) is 10.6. The van der Waals surface area contributed by atoms with E-state index in [1.807, 2.05) is 48.6 Å². The number of phenolic OH excluding ortho intramolecular Hbond substituents is 1. The predicted molar refractivity (Wildman–Crippen MR) is 119 cm³/mol. The van der Waals surface area contributed by atoms with Crippen LogP contribution in [0.5, 0.6) is 5.75 Å². The second kappa shape index (κ2) is 8.34. The summed E-state index contributed by atoms with van der Waals surface area (Å²) in [5.41, 5.74) is 5.01. The van der Waals surface area contributed by atoms with Crippen LogP contribution in [0.2, 0.25) is 0 Å². The third-order valence-corrected chi connectivity index (χ3v) is 6.02. The molecule has 0 saturated heterocycles. The van der Waals surface area contributed by atoms with E-state index in [1.165, 1.54) is 5.56 Å². The van der Waals surface area contributed by atoms with Crippen molar-refractivity contribution in [2.75, 3.05) is 4.90 Å². The zero-order chi connectivity index (χ0) is 21.3. The number of phenols is 1. The van der Waals surface area contributed by atoms with Gasteiger partial charge < -0.3 is 10.0 Å². The summed E-state index contributed by atoms with van der Waals surface area (Å²) in [6.07, 6.45) is 6.27. The molecule has 1 unspecified atom stereocenters. The fraction of sp³-hybridized carbons (Fsp3) is 0.360. The number of aryl methyl sites for hydroxylation is 1. The summed E-state index contributed by atoms with van der Waals surface area (Å²) in [6.45, 7) is 4.80. The molecular formula is C25H29N3O2. The van der Waals surface area contributed by atoms with Crippen molar-refractivity contribution in [1.29, 1.82) is 0 Å². The fourth-order valence-electron chi connectivity index (χ4n) is 4.35. The van der Waals surface area contributed by atoms with Crippen LogP contribution in [0.3, 0.4) is 0 Å². The molecule has 1 amide bonds. The summed E-state index contributed by atoms with van der Waals surface area (Å²) >= 11 is 0. The van der Waals surface area contributed by atoms with Crippen molar-refractivity contribution >= 4 is 11.6 Å². The van der Waals surface area contributed by atoms with Gasteiger partial charge in [-0.3, -0.25) is 9.48 Å². The summed E-state index contributed by atoms with van der Waals surface area (Å²) in [6, 6.07) is 13.8. The van der Waals surface area contributed by atoms with E-state index in [9.17, 15) is 9.90 Å². The molecule has 0 spiro atoms. The number of aromatic nitrogens is 2. The van der Waals surface area contributed by atoms with Gasteiger partial charge in [0.05, 0.1) is 18.7 Å². The lowest BCUT2D eigenvalue weighted by molar-refractivity contribution is -0.120. The van der Waals surface area contributed by atoms with Crippen molar-refractivity contribution in [3.8, 4) is 5.75 Å². The highest BCUT2D eigenvalue weighted by Gasteiger charge is 2.32. The summed E-state index contributed by atoms with van der Waals surface area (Å²) < 4.78 is 1.76. The number of amides is 1. The normalized spacial score (nSPS) is 15.8. The van der Waals surface area contributed by atoms with Gasteiger partial charge in [-0.1, -0.05) is 38.1 Å². The maximum atomic E-state index is 13.8. The van der Waals surface area contributed by atoms with E-state index in [2.05, 4.69) is 31.1 Å². The SMILES string of the molecule is CC(C)c1ccc(N(Cc2cnn(C)c2)C(=O)C2CCCc3c(O)cccc32)cc1. The minimum atomic E-state index is -0.248. The van der Waals surface area contributed by atoms with E-state index < -0.39 is 0 Å². The van der Waals surface area contributed by atoms with E-state index in [-0.39, 0.29) is 11.8 Å². The molecular weight excluding hydrogens is 374 g/mol. The van der Waals surface area contributed by atoms with Gasteiger partial charge in [0, 0.05) is 24.5 Å². The number of hydrogen-bond acceptors (Lipinski definition) is 3. The van der Waals surface area contributed by atoms with Crippen molar-refractivity contribution in [2.45, 2.75) is 51.5 Å². The Morgan fingerprint density at radius 1 is 1.23 bits per heavy atom. The van der Waals surface area contributed by atoms with Crippen molar-refractivity contribution in [3.05, 3.63) is 77.1 Å². The van der Waals surface area contributed by atoms with Gasteiger partial charge in [-0.05, 0) is 60.1 Å².